The van der Waals surface area contributed by atoms with Crippen LogP contribution in [0.3, 0.4) is 0 Å². The van der Waals surface area contributed by atoms with E-state index >= 15 is 0 Å². The van der Waals surface area contributed by atoms with Crippen LogP contribution in [0, 0.1) is 0 Å². The molecular formula is C33H32NO4P. The molecule has 0 radical (unpaired) electrons. The summed E-state index contributed by atoms with van der Waals surface area (Å²) in [7, 11) is 0.565. The third-order valence-corrected chi connectivity index (χ3v) is 9.77. The molecule has 0 saturated heterocycles. The minimum Gasteiger partial charge on any atom is -0.496 e. The average molecular weight is 538 g/mol. The van der Waals surface area contributed by atoms with Crippen LogP contribution < -0.4 is 25.4 Å². The summed E-state index contributed by atoms with van der Waals surface area (Å²) < 4.78 is 21.9. The summed E-state index contributed by atoms with van der Waals surface area (Å²) in [6, 6.07) is 36.1. The van der Waals surface area contributed by atoms with Crippen LogP contribution in [0.5, 0.6) is 11.5 Å². The van der Waals surface area contributed by atoms with Crippen LogP contribution in [0.4, 0.5) is 0 Å². The summed E-state index contributed by atoms with van der Waals surface area (Å²) in [6.07, 6.45) is 5.33. The summed E-state index contributed by atoms with van der Waals surface area (Å²) in [6.45, 7) is 2.03. The third-order valence-electron chi connectivity index (χ3n) is 6.11. The smallest absolute Gasteiger partial charge is 0.356 e. The molecule has 0 heterocycles. The minimum atomic E-state index is -2.66. The van der Waals surface area contributed by atoms with Crippen molar-refractivity contribution < 1.29 is 19.0 Å². The lowest BCUT2D eigenvalue weighted by Gasteiger charge is -2.27. The zero-order valence-electron chi connectivity index (χ0n) is 22.4. The lowest BCUT2D eigenvalue weighted by molar-refractivity contribution is -0.138. The molecule has 0 unspecified atom stereocenters. The van der Waals surface area contributed by atoms with E-state index in [1.54, 1.807) is 33.3 Å². The molecule has 4 rings (SSSR count). The third kappa shape index (κ3) is 6.22. The van der Waals surface area contributed by atoms with Crippen molar-refractivity contribution in [3.8, 4) is 11.5 Å². The van der Waals surface area contributed by atoms with Crippen LogP contribution >= 0.6 is 7.05 Å². The Morgan fingerprint density at radius 2 is 1.18 bits per heavy atom. The van der Waals surface area contributed by atoms with E-state index in [-0.39, 0.29) is 12.3 Å². The lowest BCUT2D eigenvalue weighted by atomic mass is 10.1. The molecular weight excluding hydrogens is 505 g/mol. The van der Waals surface area contributed by atoms with Crippen LogP contribution in [-0.4, -0.2) is 26.8 Å². The Bertz CT molecular complexity index is 1370. The van der Waals surface area contributed by atoms with Gasteiger partial charge in [0.15, 0.2) is 0 Å². The van der Waals surface area contributed by atoms with Gasteiger partial charge >= 0.3 is 5.97 Å². The van der Waals surface area contributed by atoms with Crippen molar-refractivity contribution >= 4 is 35.0 Å². The van der Waals surface area contributed by atoms with Gasteiger partial charge in [-0.2, -0.15) is 0 Å². The van der Waals surface area contributed by atoms with Crippen molar-refractivity contribution in [2.75, 3.05) is 20.8 Å². The second kappa shape index (κ2) is 13.5. The van der Waals surface area contributed by atoms with E-state index in [0.29, 0.717) is 11.5 Å². The Labute approximate surface area is 230 Å². The summed E-state index contributed by atoms with van der Waals surface area (Å²) in [5.41, 5.74) is 0.990. The van der Waals surface area contributed by atoms with Gasteiger partial charge in [0.2, 0.25) is 0 Å². The van der Waals surface area contributed by atoms with Gasteiger partial charge in [-0.05, 0) is 31.2 Å². The monoisotopic (exact) mass is 537 g/mol. The van der Waals surface area contributed by atoms with Gasteiger partial charge in [-0.15, -0.1) is 0 Å². The topological polar surface area (TPSA) is 57.1 Å². The molecule has 0 saturated carbocycles. The number of hydrogen-bond donors (Lipinski definition) is 0. The maximum absolute atomic E-state index is 13.4. The Kier molecular flexibility index (Phi) is 9.55. The van der Waals surface area contributed by atoms with Crippen LogP contribution in [0.25, 0.3) is 6.08 Å². The van der Waals surface area contributed by atoms with Crippen LogP contribution in [0.1, 0.15) is 12.5 Å². The van der Waals surface area contributed by atoms with Gasteiger partial charge in [0.05, 0.1) is 33.4 Å². The van der Waals surface area contributed by atoms with Crippen molar-refractivity contribution in [1.29, 1.82) is 0 Å². The van der Waals surface area contributed by atoms with E-state index in [9.17, 15) is 4.79 Å². The fourth-order valence-electron chi connectivity index (χ4n) is 4.34. The first-order valence-electron chi connectivity index (χ1n) is 12.7. The zero-order valence-corrected chi connectivity index (χ0v) is 23.3. The quantitative estimate of drug-likeness (QED) is 0.103. The predicted octanol–water partition coefficient (Wildman–Crippen LogP) is 6.34. The second-order valence-corrected chi connectivity index (χ2v) is 11.5. The number of carbonyl (C=O) groups is 1. The van der Waals surface area contributed by atoms with Crippen molar-refractivity contribution in [3.63, 3.8) is 0 Å². The number of nitrogens with zero attached hydrogens (tertiary/aromatic N) is 1. The average Bonchev–Trinajstić information content (AvgIpc) is 3.00. The van der Waals surface area contributed by atoms with Crippen molar-refractivity contribution in [2.45, 2.75) is 6.92 Å². The maximum Gasteiger partial charge on any atom is 0.356 e. The number of ether oxygens (including phenoxy) is 3. The molecule has 5 nitrogen and oxygen atoms in total. The molecule has 0 aromatic heterocycles. The van der Waals surface area contributed by atoms with E-state index < -0.39 is 13.0 Å². The first-order valence-corrected chi connectivity index (χ1v) is 14.4. The molecule has 0 aliphatic carbocycles. The molecule has 39 heavy (non-hydrogen) atoms. The molecule has 0 bridgehead atoms. The number of methoxy groups -OCH3 is 2. The number of allylic oxidation sites excluding steroid dienone is 2. The fourth-order valence-corrected chi connectivity index (χ4v) is 7.86. The molecule has 0 fully saturated rings. The maximum atomic E-state index is 13.4. The highest BCUT2D eigenvalue weighted by Gasteiger charge is 2.29. The molecule has 0 aliphatic rings. The predicted molar refractivity (Wildman–Crippen MR) is 161 cm³/mol. The van der Waals surface area contributed by atoms with Crippen LogP contribution in [0.15, 0.2) is 132 Å². The van der Waals surface area contributed by atoms with E-state index in [0.717, 1.165) is 21.5 Å². The Morgan fingerprint density at radius 3 is 1.59 bits per heavy atom. The highest BCUT2D eigenvalue weighted by Crippen LogP contribution is 2.48. The first-order chi connectivity index (χ1) is 19.1. The molecule has 6 heteroatoms. The largest absolute Gasteiger partial charge is 0.496 e. The van der Waals surface area contributed by atoms with Gasteiger partial charge in [0.1, 0.15) is 17.2 Å². The summed E-state index contributed by atoms with van der Waals surface area (Å²) in [5, 5.41) is 3.11. The number of esters is 1. The van der Waals surface area contributed by atoms with Crippen molar-refractivity contribution in [2.24, 2.45) is 4.74 Å². The molecule has 4 aromatic carbocycles. The number of carbonyl (C=O) groups excluding carboxylic acids is 1. The van der Waals surface area contributed by atoms with E-state index in [1.807, 2.05) is 78.9 Å². The van der Waals surface area contributed by atoms with Crippen molar-refractivity contribution in [3.05, 3.63) is 133 Å². The highest BCUT2D eigenvalue weighted by molar-refractivity contribution is 7.87. The Morgan fingerprint density at radius 1 is 0.718 bits per heavy atom. The molecule has 0 aliphatic heterocycles. The minimum absolute atomic E-state index is 0.229. The first kappa shape index (κ1) is 27.7. The standard InChI is InChI=1S/C33H32NO4P/c1-4-38-33(35)30(23-14-22-29-31(36-2)24-15-25-32(29)37-3)34-39(26-16-8-5-9-17-26,27-18-10-6-11-19-27)28-20-12-7-13-21-28/h5-25H,4H2,1-3H3/b22-14+,30-23-. The van der Waals surface area contributed by atoms with Gasteiger partial charge in [-0.25, -0.2) is 9.54 Å². The molecule has 0 spiro atoms. The van der Waals surface area contributed by atoms with E-state index in [2.05, 4.69) is 36.4 Å². The van der Waals surface area contributed by atoms with Gasteiger partial charge in [-0.1, -0.05) is 103 Å². The highest BCUT2D eigenvalue weighted by atomic mass is 31.2. The number of rotatable bonds is 10. The lowest BCUT2D eigenvalue weighted by Crippen LogP contribution is -2.26. The van der Waals surface area contributed by atoms with Crippen molar-refractivity contribution in [1.82, 2.24) is 0 Å². The normalized spacial score (nSPS) is 11.7. The van der Waals surface area contributed by atoms with Gasteiger partial charge < -0.3 is 14.2 Å². The Balaban J connectivity index is 2.01. The number of benzene rings is 4. The van der Waals surface area contributed by atoms with Gasteiger partial charge in [0.25, 0.3) is 0 Å². The summed E-state index contributed by atoms with van der Waals surface area (Å²) in [5.74, 6) is 0.836. The molecule has 0 N–H and O–H groups in total. The number of hydrogen-bond acceptors (Lipinski definition) is 5. The summed E-state index contributed by atoms with van der Waals surface area (Å²) >= 11 is 0. The zero-order chi connectivity index (χ0) is 27.5. The van der Waals surface area contributed by atoms with Crippen LogP contribution in [0.2, 0.25) is 0 Å². The molecule has 4 aromatic rings. The molecule has 0 amide bonds. The van der Waals surface area contributed by atoms with Gasteiger partial charge in [0, 0.05) is 15.9 Å². The van der Waals surface area contributed by atoms with E-state index in [4.69, 9.17) is 19.0 Å². The van der Waals surface area contributed by atoms with Gasteiger partial charge in [-0.3, -0.25) is 0 Å². The van der Waals surface area contributed by atoms with Crippen LogP contribution in [-0.2, 0) is 9.53 Å². The molecule has 198 valence electrons. The second-order valence-electron chi connectivity index (χ2n) is 8.45. The fraction of sp³-hybridized carbons (Fsp3) is 0.121. The SMILES string of the molecule is CCOC(=O)/C(=C/C=C/c1c(OC)cccc1OC)N=P(c1ccccc1)(c1ccccc1)c1ccccc1. The van der Waals surface area contributed by atoms with E-state index in [1.165, 1.54) is 0 Å². The molecule has 0 atom stereocenters. The summed E-state index contributed by atoms with van der Waals surface area (Å²) in [4.78, 5) is 13.4. The Hall–Kier alpha value is -4.34.